The fraction of sp³-hybridized carbons (Fsp3) is 0.823. The fourth-order valence-corrected chi connectivity index (χ4v) is 8.67. The van der Waals surface area contributed by atoms with Gasteiger partial charge in [-0.3, -0.25) is 14.4 Å². The van der Waals surface area contributed by atoms with Crippen LogP contribution in [0, 0.1) is 0 Å². The monoisotopic (exact) mass is 953 g/mol. The quantitative estimate of drug-likeness (QED) is 0.0262. The van der Waals surface area contributed by atoms with Crippen LogP contribution in [0.4, 0.5) is 0 Å². The Bertz CT molecular complexity index is 1190. The number of carbonyl (C=O) groups excluding carboxylic acids is 3. The molecule has 1 unspecified atom stereocenters. The molecule has 0 amide bonds. The predicted molar refractivity (Wildman–Crippen MR) is 293 cm³/mol. The molecule has 0 aromatic rings. The zero-order valence-electron chi connectivity index (χ0n) is 45.4. The lowest BCUT2D eigenvalue weighted by atomic mass is 10.0. The molecule has 0 aromatic heterocycles. The van der Waals surface area contributed by atoms with Crippen LogP contribution >= 0.6 is 0 Å². The molecule has 0 aliphatic heterocycles. The smallest absolute Gasteiger partial charge is 0.306 e. The Balaban J connectivity index is 4.37. The highest BCUT2D eigenvalue weighted by Crippen LogP contribution is 2.17. The first-order valence-corrected chi connectivity index (χ1v) is 29.6. The van der Waals surface area contributed by atoms with Crippen molar-refractivity contribution in [3.63, 3.8) is 0 Å². The van der Waals surface area contributed by atoms with Crippen molar-refractivity contribution in [3.8, 4) is 0 Å². The van der Waals surface area contributed by atoms with Crippen molar-refractivity contribution in [2.45, 2.75) is 316 Å². The van der Waals surface area contributed by atoms with E-state index in [1.54, 1.807) is 0 Å². The maximum atomic E-state index is 12.9. The van der Waals surface area contributed by atoms with Gasteiger partial charge in [0.1, 0.15) is 13.2 Å². The Morgan fingerprint density at radius 3 is 0.897 bits per heavy atom. The summed E-state index contributed by atoms with van der Waals surface area (Å²) in [6, 6.07) is 0. The summed E-state index contributed by atoms with van der Waals surface area (Å²) in [4.78, 5) is 38.2. The highest BCUT2D eigenvalue weighted by molar-refractivity contribution is 5.71. The Kier molecular flexibility index (Phi) is 54.8. The molecule has 0 rings (SSSR count). The van der Waals surface area contributed by atoms with Gasteiger partial charge in [-0.15, -0.1) is 0 Å². The lowest BCUT2D eigenvalue weighted by Crippen LogP contribution is -2.30. The highest BCUT2D eigenvalue weighted by atomic mass is 16.6. The molecule has 0 bridgehead atoms. The third-order valence-electron chi connectivity index (χ3n) is 13.1. The minimum atomic E-state index is -0.786. The summed E-state index contributed by atoms with van der Waals surface area (Å²) in [6.45, 7) is 6.54. The zero-order chi connectivity index (χ0) is 49.3. The number of hydrogen-bond acceptors (Lipinski definition) is 6. The molecule has 6 nitrogen and oxygen atoms in total. The molecule has 396 valence electrons. The number of hydrogen-bond donors (Lipinski definition) is 0. The third kappa shape index (κ3) is 54.3. The first-order chi connectivity index (χ1) is 33.5. The maximum absolute atomic E-state index is 12.9. The molecule has 0 N–H and O–H groups in total. The Morgan fingerprint density at radius 2 is 0.574 bits per heavy atom. The second kappa shape index (κ2) is 57.0. The van der Waals surface area contributed by atoms with E-state index in [0.717, 1.165) is 83.5 Å². The number of allylic oxidation sites excluding steroid dienone is 8. The van der Waals surface area contributed by atoms with E-state index in [9.17, 15) is 14.4 Å². The van der Waals surface area contributed by atoms with Gasteiger partial charge < -0.3 is 14.2 Å². The van der Waals surface area contributed by atoms with Gasteiger partial charge in [0.05, 0.1) is 0 Å². The third-order valence-corrected chi connectivity index (χ3v) is 13.1. The molecule has 0 saturated carbocycles. The Hall–Kier alpha value is -2.63. The highest BCUT2D eigenvalue weighted by Gasteiger charge is 2.19. The van der Waals surface area contributed by atoms with E-state index < -0.39 is 6.10 Å². The van der Waals surface area contributed by atoms with Gasteiger partial charge in [-0.1, -0.05) is 281 Å². The topological polar surface area (TPSA) is 78.9 Å². The van der Waals surface area contributed by atoms with E-state index in [4.69, 9.17) is 14.2 Å². The van der Waals surface area contributed by atoms with Crippen molar-refractivity contribution < 1.29 is 28.6 Å². The summed E-state index contributed by atoms with van der Waals surface area (Å²) in [6.07, 6.45) is 69.7. The average Bonchev–Trinajstić information content (AvgIpc) is 3.34. The van der Waals surface area contributed by atoms with Crippen LogP contribution in [0.3, 0.4) is 0 Å². The molecule has 0 aliphatic rings. The van der Waals surface area contributed by atoms with Gasteiger partial charge in [-0.25, -0.2) is 0 Å². The average molecular weight is 954 g/mol. The van der Waals surface area contributed by atoms with E-state index in [0.29, 0.717) is 19.3 Å². The standard InChI is InChI=1S/C62H112O6/c1-4-7-10-13-16-19-22-25-28-30-32-34-37-40-43-46-49-52-55-61(64)67-58-59(57-66-60(63)54-51-48-45-42-39-36-33-27-24-21-18-15-12-9-6-3)68-62(65)56-53-50-47-44-41-38-35-31-29-26-23-20-17-14-11-8-5-2/h9,12,18,21,27,33,39,42,59H,4-8,10-11,13-17,19-20,22-26,28-32,34-38,40-41,43-58H2,1-3H3/b12-9-,21-18-,33-27-,42-39-. The van der Waals surface area contributed by atoms with Crippen molar-refractivity contribution in [2.24, 2.45) is 0 Å². The van der Waals surface area contributed by atoms with Crippen LogP contribution < -0.4 is 0 Å². The molecular weight excluding hydrogens is 841 g/mol. The second-order valence-electron chi connectivity index (χ2n) is 19.9. The first kappa shape index (κ1) is 65.4. The van der Waals surface area contributed by atoms with Crippen molar-refractivity contribution >= 4 is 17.9 Å². The number of esters is 3. The van der Waals surface area contributed by atoms with Crippen molar-refractivity contribution in [1.82, 2.24) is 0 Å². The molecule has 1 atom stereocenters. The molecule has 0 fully saturated rings. The van der Waals surface area contributed by atoms with Gasteiger partial charge in [0.15, 0.2) is 6.10 Å². The number of ether oxygens (including phenoxy) is 3. The SMILES string of the molecule is CC/C=C\C/C=C\C/C=C\C/C=C\CCCCC(=O)OCC(COC(=O)CCCCCCCCCCCCCCCCCCCC)OC(=O)CCCCCCCCCCCCCCCCCCC. The maximum Gasteiger partial charge on any atom is 0.306 e. The van der Waals surface area contributed by atoms with E-state index >= 15 is 0 Å². The van der Waals surface area contributed by atoms with Gasteiger partial charge >= 0.3 is 17.9 Å². The minimum Gasteiger partial charge on any atom is -0.462 e. The summed E-state index contributed by atoms with van der Waals surface area (Å²) in [5, 5.41) is 0. The molecule has 0 spiro atoms. The van der Waals surface area contributed by atoms with Gasteiger partial charge in [0, 0.05) is 19.3 Å². The molecule has 0 aliphatic carbocycles. The normalized spacial score (nSPS) is 12.3. The molecule has 0 saturated heterocycles. The van der Waals surface area contributed by atoms with Crippen molar-refractivity contribution in [1.29, 1.82) is 0 Å². The van der Waals surface area contributed by atoms with Gasteiger partial charge in [0.2, 0.25) is 0 Å². The predicted octanol–water partition coefficient (Wildman–Crippen LogP) is 19.8. The minimum absolute atomic E-state index is 0.0816. The summed E-state index contributed by atoms with van der Waals surface area (Å²) in [7, 11) is 0. The zero-order valence-corrected chi connectivity index (χ0v) is 45.4. The molecular formula is C62H112O6. The second-order valence-corrected chi connectivity index (χ2v) is 19.9. The van der Waals surface area contributed by atoms with Crippen LogP contribution in [0.2, 0.25) is 0 Å². The summed E-state index contributed by atoms with van der Waals surface area (Å²) in [5.41, 5.74) is 0. The number of rotatable bonds is 54. The van der Waals surface area contributed by atoms with Crippen molar-refractivity contribution in [3.05, 3.63) is 48.6 Å². The molecule has 0 radical (unpaired) electrons. The molecule has 0 aromatic carbocycles. The molecule has 0 heterocycles. The fourth-order valence-electron chi connectivity index (χ4n) is 8.67. The van der Waals surface area contributed by atoms with Crippen LogP contribution in [0.15, 0.2) is 48.6 Å². The van der Waals surface area contributed by atoms with Gasteiger partial charge in [0.25, 0.3) is 0 Å². The van der Waals surface area contributed by atoms with Crippen LogP contribution in [-0.4, -0.2) is 37.2 Å². The lowest BCUT2D eigenvalue weighted by molar-refractivity contribution is -0.167. The van der Waals surface area contributed by atoms with E-state index in [1.807, 2.05) is 0 Å². The summed E-state index contributed by atoms with van der Waals surface area (Å²) >= 11 is 0. The van der Waals surface area contributed by atoms with Gasteiger partial charge in [-0.2, -0.15) is 0 Å². The van der Waals surface area contributed by atoms with Crippen LogP contribution in [0.25, 0.3) is 0 Å². The Labute approximate surface area is 422 Å². The first-order valence-electron chi connectivity index (χ1n) is 29.6. The van der Waals surface area contributed by atoms with E-state index in [2.05, 4.69) is 69.4 Å². The van der Waals surface area contributed by atoms with Gasteiger partial charge in [-0.05, 0) is 57.8 Å². The number of carbonyl (C=O) groups is 3. The molecule has 6 heteroatoms. The van der Waals surface area contributed by atoms with E-state index in [1.165, 1.54) is 186 Å². The largest absolute Gasteiger partial charge is 0.462 e. The lowest BCUT2D eigenvalue weighted by Gasteiger charge is -2.18. The van der Waals surface area contributed by atoms with Crippen LogP contribution in [0.1, 0.15) is 310 Å². The summed E-state index contributed by atoms with van der Waals surface area (Å²) in [5.74, 6) is -0.906. The molecule has 68 heavy (non-hydrogen) atoms. The van der Waals surface area contributed by atoms with Crippen LogP contribution in [-0.2, 0) is 28.6 Å². The van der Waals surface area contributed by atoms with Crippen LogP contribution in [0.5, 0.6) is 0 Å². The van der Waals surface area contributed by atoms with E-state index in [-0.39, 0.29) is 31.1 Å². The van der Waals surface area contributed by atoms with Crippen molar-refractivity contribution in [2.75, 3.05) is 13.2 Å². The number of unbranched alkanes of at least 4 members (excludes halogenated alkanes) is 35. The Morgan fingerprint density at radius 1 is 0.309 bits per heavy atom. The summed E-state index contributed by atoms with van der Waals surface area (Å²) < 4.78 is 16.9.